The van der Waals surface area contributed by atoms with Gasteiger partial charge in [-0.05, 0) is 43.8 Å². The molecule has 2 rings (SSSR count). The summed E-state index contributed by atoms with van der Waals surface area (Å²) in [6.45, 7) is 4.69. The smallest absolute Gasteiger partial charge is 0.123 e. The van der Waals surface area contributed by atoms with Gasteiger partial charge in [-0.2, -0.15) is 0 Å². The number of halogens is 1. The highest BCUT2D eigenvalue weighted by Crippen LogP contribution is 2.11. The molecule has 1 aromatic carbocycles. The summed E-state index contributed by atoms with van der Waals surface area (Å²) >= 11 is 0. The molecule has 1 aromatic heterocycles. The highest BCUT2D eigenvalue weighted by molar-refractivity contribution is 5.15. The van der Waals surface area contributed by atoms with Crippen LogP contribution >= 0.6 is 0 Å². The normalized spacial score (nSPS) is 12.8. The topological polar surface area (TPSA) is 28.4 Å². The molecule has 1 heterocycles. The lowest BCUT2D eigenvalue weighted by Gasteiger charge is -2.18. The van der Waals surface area contributed by atoms with Gasteiger partial charge in [-0.1, -0.05) is 12.1 Å². The Hall–Kier alpha value is -1.65. The van der Waals surface area contributed by atoms with Crippen molar-refractivity contribution in [2.75, 3.05) is 20.1 Å². The predicted octanol–water partition coefficient (Wildman–Crippen LogP) is 3.20. The molecule has 1 atom stereocenters. The zero-order chi connectivity index (χ0) is 14.4. The summed E-state index contributed by atoms with van der Waals surface area (Å²) in [4.78, 5) is 2.20. The van der Waals surface area contributed by atoms with Gasteiger partial charge in [0.25, 0.3) is 0 Å². The lowest BCUT2D eigenvalue weighted by molar-refractivity contribution is 0.313. The average Bonchev–Trinajstić information content (AvgIpc) is 2.95. The van der Waals surface area contributed by atoms with E-state index in [1.165, 1.54) is 12.1 Å². The minimum atomic E-state index is -0.189. The molecule has 0 radical (unpaired) electrons. The van der Waals surface area contributed by atoms with Gasteiger partial charge in [0.05, 0.1) is 12.3 Å². The second-order valence-corrected chi connectivity index (χ2v) is 5.06. The second kappa shape index (κ2) is 7.22. The number of likely N-dealkylation sites (N-methyl/N-ethyl adjacent to an activating group) is 1. The van der Waals surface area contributed by atoms with Crippen molar-refractivity contribution in [3.8, 4) is 0 Å². The Morgan fingerprint density at radius 2 is 2.00 bits per heavy atom. The van der Waals surface area contributed by atoms with Crippen molar-refractivity contribution in [2.24, 2.45) is 0 Å². The van der Waals surface area contributed by atoms with E-state index in [-0.39, 0.29) is 11.9 Å². The first kappa shape index (κ1) is 14.8. The van der Waals surface area contributed by atoms with E-state index < -0.39 is 0 Å². The second-order valence-electron chi connectivity index (χ2n) is 5.06. The molecule has 2 aromatic rings. The van der Waals surface area contributed by atoms with E-state index >= 15 is 0 Å². The van der Waals surface area contributed by atoms with E-state index in [1.54, 1.807) is 6.26 Å². The van der Waals surface area contributed by atoms with E-state index in [9.17, 15) is 4.39 Å². The molecule has 3 nitrogen and oxygen atoms in total. The van der Waals surface area contributed by atoms with Crippen molar-refractivity contribution in [2.45, 2.75) is 19.5 Å². The number of nitrogens with zero attached hydrogens (tertiary/aromatic N) is 1. The van der Waals surface area contributed by atoms with Gasteiger partial charge < -0.3 is 14.6 Å². The van der Waals surface area contributed by atoms with Gasteiger partial charge in [0.2, 0.25) is 0 Å². The maximum atomic E-state index is 12.8. The summed E-state index contributed by atoms with van der Waals surface area (Å²) in [5.41, 5.74) is 1.12. The highest BCUT2D eigenvalue weighted by Gasteiger charge is 2.07. The lowest BCUT2D eigenvalue weighted by atomic mass is 10.2. The van der Waals surface area contributed by atoms with Crippen LogP contribution < -0.4 is 5.32 Å². The fourth-order valence-electron chi connectivity index (χ4n) is 2.09. The van der Waals surface area contributed by atoms with Gasteiger partial charge in [0.1, 0.15) is 11.6 Å². The van der Waals surface area contributed by atoms with E-state index in [2.05, 4.69) is 24.2 Å². The fourth-order valence-corrected chi connectivity index (χ4v) is 2.09. The largest absolute Gasteiger partial charge is 0.468 e. The molecule has 108 valence electrons. The van der Waals surface area contributed by atoms with Gasteiger partial charge in [-0.3, -0.25) is 0 Å². The van der Waals surface area contributed by atoms with Crippen molar-refractivity contribution in [3.63, 3.8) is 0 Å². The van der Waals surface area contributed by atoms with Crippen LogP contribution in [0.15, 0.2) is 47.1 Å². The molecule has 0 saturated carbocycles. The monoisotopic (exact) mass is 276 g/mol. The molecular weight excluding hydrogens is 255 g/mol. The Labute approximate surface area is 119 Å². The molecule has 1 unspecified atom stereocenters. The van der Waals surface area contributed by atoms with Crippen molar-refractivity contribution in [3.05, 3.63) is 59.8 Å². The molecule has 4 heteroatoms. The van der Waals surface area contributed by atoms with E-state index in [4.69, 9.17) is 4.42 Å². The molecule has 0 aliphatic rings. The van der Waals surface area contributed by atoms with Gasteiger partial charge >= 0.3 is 0 Å². The summed E-state index contributed by atoms with van der Waals surface area (Å²) in [6.07, 6.45) is 1.69. The van der Waals surface area contributed by atoms with Gasteiger partial charge in [0.15, 0.2) is 0 Å². The average molecular weight is 276 g/mol. The van der Waals surface area contributed by atoms with Crippen LogP contribution in [0.25, 0.3) is 0 Å². The maximum absolute atomic E-state index is 12.8. The third-order valence-corrected chi connectivity index (χ3v) is 3.28. The first-order valence-electron chi connectivity index (χ1n) is 6.85. The van der Waals surface area contributed by atoms with Crippen LogP contribution in [0, 0.1) is 5.82 Å². The molecule has 0 amide bonds. The number of nitrogens with one attached hydrogen (secondary N) is 1. The van der Waals surface area contributed by atoms with Crippen molar-refractivity contribution >= 4 is 0 Å². The Balaban J connectivity index is 1.70. The van der Waals surface area contributed by atoms with Crippen LogP contribution in [0.4, 0.5) is 4.39 Å². The van der Waals surface area contributed by atoms with Crippen molar-refractivity contribution < 1.29 is 8.81 Å². The molecule has 1 N–H and O–H groups in total. The number of benzene rings is 1. The summed E-state index contributed by atoms with van der Waals surface area (Å²) in [7, 11) is 2.06. The Morgan fingerprint density at radius 1 is 1.25 bits per heavy atom. The van der Waals surface area contributed by atoms with Crippen molar-refractivity contribution in [1.82, 2.24) is 10.2 Å². The SMILES string of the molecule is CC(NCCN(C)Cc1ccc(F)cc1)c1ccco1. The lowest BCUT2D eigenvalue weighted by Crippen LogP contribution is -2.30. The Bertz CT molecular complexity index is 496. The minimum absolute atomic E-state index is 0.189. The van der Waals surface area contributed by atoms with E-state index in [0.29, 0.717) is 0 Å². The van der Waals surface area contributed by atoms with Crippen LogP contribution in [0.1, 0.15) is 24.3 Å². The first-order valence-corrected chi connectivity index (χ1v) is 6.85. The van der Waals surface area contributed by atoms with Crippen molar-refractivity contribution in [1.29, 1.82) is 0 Å². The van der Waals surface area contributed by atoms with Gasteiger partial charge in [0, 0.05) is 19.6 Å². The quantitative estimate of drug-likeness (QED) is 0.842. The predicted molar refractivity (Wildman–Crippen MR) is 77.9 cm³/mol. The third-order valence-electron chi connectivity index (χ3n) is 3.28. The molecule has 0 fully saturated rings. The van der Waals surface area contributed by atoms with Gasteiger partial charge in [-0.15, -0.1) is 0 Å². The summed E-state index contributed by atoms with van der Waals surface area (Å²) in [6, 6.07) is 10.7. The zero-order valence-electron chi connectivity index (χ0n) is 12.0. The molecule has 20 heavy (non-hydrogen) atoms. The van der Waals surface area contributed by atoms with Gasteiger partial charge in [-0.25, -0.2) is 4.39 Å². The van der Waals surface area contributed by atoms with Crippen LogP contribution in [0.2, 0.25) is 0 Å². The fraction of sp³-hybridized carbons (Fsp3) is 0.375. The number of hydrogen-bond donors (Lipinski definition) is 1. The van der Waals surface area contributed by atoms with Crippen LogP contribution in [0.3, 0.4) is 0 Å². The maximum Gasteiger partial charge on any atom is 0.123 e. The van der Waals surface area contributed by atoms with E-state index in [0.717, 1.165) is 31.0 Å². The van der Waals surface area contributed by atoms with E-state index in [1.807, 2.05) is 24.3 Å². The molecule has 0 aliphatic heterocycles. The number of furan rings is 1. The standard InChI is InChI=1S/C16H21FN2O/c1-13(16-4-3-11-20-16)18-9-10-19(2)12-14-5-7-15(17)8-6-14/h3-8,11,13,18H,9-10,12H2,1-2H3. The zero-order valence-corrected chi connectivity index (χ0v) is 12.0. The highest BCUT2D eigenvalue weighted by atomic mass is 19.1. The molecular formula is C16H21FN2O. The first-order chi connectivity index (χ1) is 9.65. The summed E-state index contributed by atoms with van der Waals surface area (Å²) in [5.74, 6) is 0.761. The Morgan fingerprint density at radius 3 is 2.65 bits per heavy atom. The molecule has 0 aliphatic carbocycles. The molecule has 0 saturated heterocycles. The van der Waals surface area contributed by atoms with Crippen LogP contribution in [0.5, 0.6) is 0 Å². The molecule has 0 bridgehead atoms. The summed E-state index contributed by atoms with van der Waals surface area (Å²) < 4.78 is 18.2. The third kappa shape index (κ3) is 4.47. The Kier molecular flexibility index (Phi) is 5.32. The molecule has 0 spiro atoms. The van der Waals surface area contributed by atoms with Crippen LogP contribution in [-0.2, 0) is 6.54 Å². The van der Waals surface area contributed by atoms with Crippen LogP contribution in [-0.4, -0.2) is 25.0 Å². The summed E-state index contributed by atoms with van der Waals surface area (Å²) in [5, 5.41) is 3.42. The number of rotatable bonds is 7. The number of hydrogen-bond acceptors (Lipinski definition) is 3. The minimum Gasteiger partial charge on any atom is -0.468 e.